The number of ether oxygens (including phenoxy) is 1. The van der Waals surface area contributed by atoms with Gasteiger partial charge in [-0.25, -0.2) is 4.98 Å². The lowest BCUT2D eigenvalue weighted by molar-refractivity contribution is 0.0268. The molecule has 0 atom stereocenters. The maximum Gasteiger partial charge on any atom is 0.216 e. The minimum absolute atomic E-state index is 0.169. The monoisotopic (exact) mass is 412 g/mol. The highest BCUT2D eigenvalue weighted by Gasteiger charge is 2.15. The van der Waals surface area contributed by atoms with Gasteiger partial charge in [0.25, 0.3) is 0 Å². The number of hydrogen-bond acceptors (Lipinski definition) is 6. The molecule has 0 amide bonds. The summed E-state index contributed by atoms with van der Waals surface area (Å²) in [6, 6.07) is 10.1. The van der Waals surface area contributed by atoms with Gasteiger partial charge in [-0.05, 0) is 69.9 Å². The Morgan fingerprint density at radius 1 is 1.10 bits per heavy atom. The van der Waals surface area contributed by atoms with Gasteiger partial charge in [-0.3, -0.25) is 5.43 Å². The second kappa shape index (κ2) is 11.0. The highest BCUT2D eigenvalue weighted by atomic mass is 16.5. The van der Waals surface area contributed by atoms with Crippen LogP contribution in [-0.2, 0) is 0 Å². The van der Waals surface area contributed by atoms with Crippen LogP contribution in [0.25, 0.3) is 0 Å². The molecule has 0 saturated heterocycles. The van der Waals surface area contributed by atoms with Crippen LogP contribution in [0, 0.1) is 13.8 Å². The standard InChI is InChI=1S/C24H36N4O2/c1-7-11-28(12-8-2)22-14-21(26-23(15-22)30-17-24(5,6)29)16-25-27-20-10-9-18(3)19(4)13-20/h9-10,13-16,27,29H,7-8,11-12,17H2,1-6H3/b25-16+. The van der Waals surface area contributed by atoms with E-state index in [0.29, 0.717) is 11.6 Å². The van der Waals surface area contributed by atoms with Crippen molar-refractivity contribution in [2.45, 2.75) is 60.0 Å². The first-order valence-corrected chi connectivity index (χ1v) is 10.7. The molecule has 1 aromatic carbocycles. The molecule has 0 fully saturated rings. The lowest BCUT2D eigenvalue weighted by Crippen LogP contribution is -2.28. The average molecular weight is 413 g/mol. The summed E-state index contributed by atoms with van der Waals surface area (Å²) in [5.41, 5.74) is 7.29. The van der Waals surface area contributed by atoms with Crippen LogP contribution in [0.5, 0.6) is 5.88 Å². The highest BCUT2D eigenvalue weighted by molar-refractivity contribution is 5.80. The van der Waals surface area contributed by atoms with Crippen LogP contribution in [0.2, 0.25) is 0 Å². The van der Waals surface area contributed by atoms with E-state index in [0.717, 1.165) is 37.3 Å². The molecule has 2 aromatic rings. The molecule has 0 unspecified atom stereocenters. The molecule has 0 aliphatic rings. The van der Waals surface area contributed by atoms with E-state index in [1.807, 2.05) is 18.2 Å². The van der Waals surface area contributed by atoms with Crippen molar-refractivity contribution in [2.75, 3.05) is 30.0 Å². The molecule has 30 heavy (non-hydrogen) atoms. The summed E-state index contributed by atoms with van der Waals surface area (Å²) >= 11 is 0. The number of nitrogens with one attached hydrogen (secondary N) is 1. The van der Waals surface area contributed by atoms with E-state index in [1.54, 1.807) is 20.1 Å². The smallest absolute Gasteiger partial charge is 0.216 e. The first-order chi connectivity index (χ1) is 14.2. The summed E-state index contributed by atoms with van der Waals surface area (Å²) in [4.78, 5) is 6.88. The fourth-order valence-corrected chi connectivity index (χ4v) is 2.98. The first-order valence-electron chi connectivity index (χ1n) is 10.7. The Hall–Kier alpha value is -2.60. The van der Waals surface area contributed by atoms with Crippen molar-refractivity contribution in [3.63, 3.8) is 0 Å². The predicted octanol–water partition coefficient (Wildman–Crippen LogP) is 4.92. The van der Waals surface area contributed by atoms with Crippen LogP contribution in [0.3, 0.4) is 0 Å². The molecule has 1 heterocycles. The number of benzene rings is 1. The quantitative estimate of drug-likeness (QED) is 0.405. The zero-order valence-corrected chi connectivity index (χ0v) is 19.2. The Labute approximate surface area is 181 Å². The second-order valence-electron chi connectivity index (χ2n) is 8.35. The van der Waals surface area contributed by atoms with Crippen LogP contribution in [0.15, 0.2) is 35.4 Å². The Balaban J connectivity index is 2.26. The molecule has 6 nitrogen and oxygen atoms in total. The van der Waals surface area contributed by atoms with Gasteiger partial charge in [0.2, 0.25) is 5.88 Å². The number of anilines is 2. The van der Waals surface area contributed by atoms with E-state index < -0.39 is 5.60 Å². The summed E-state index contributed by atoms with van der Waals surface area (Å²) in [6.45, 7) is 14.0. The molecular weight excluding hydrogens is 376 g/mol. The molecule has 2 rings (SSSR count). The largest absolute Gasteiger partial charge is 0.475 e. The van der Waals surface area contributed by atoms with Crippen LogP contribution >= 0.6 is 0 Å². The number of aromatic nitrogens is 1. The lowest BCUT2D eigenvalue weighted by atomic mass is 10.1. The van der Waals surface area contributed by atoms with Crippen LogP contribution < -0.4 is 15.1 Å². The van der Waals surface area contributed by atoms with Crippen molar-refractivity contribution in [1.29, 1.82) is 0 Å². The van der Waals surface area contributed by atoms with Crippen LogP contribution in [0.4, 0.5) is 11.4 Å². The number of pyridine rings is 1. The van der Waals surface area contributed by atoms with Gasteiger partial charge in [0.15, 0.2) is 0 Å². The number of rotatable bonds is 11. The van der Waals surface area contributed by atoms with E-state index in [-0.39, 0.29) is 6.61 Å². The molecule has 0 aliphatic carbocycles. The van der Waals surface area contributed by atoms with Gasteiger partial charge in [0, 0.05) is 24.8 Å². The summed E-state index contributed by atoms with van der Waals surface area (Å²) in [5, 5.41) is 14.4. The second-order valence-corrected chi connectivity index (χ2v) is 8.35. The van der Waals surface area contributed by atoms with E-state index >= 15 is 0 Å². The maximum atomic E-state index is 10.0. The zero-order chi connectivity index (χ0) is 22.1. The minimum atomic E-state index is -0.927. The normalized spacial score (nSPS) is 11.7. The van der Waals surface area contributed by atoms with Crippen molar-refractivity contribution in [2.24, 2.45) is 5.10 Å². The number of aliphatic hydroxyl groups is 1. The number of nitrogens with zero attached hydrogens (tertiary/aromatic N) is 3. The fourth-order valence-electron chi connectivity index (χ4n) is 2.98. The molecule has 6 heteroatoms. The minimum Gasteiger partial charge on any atom is -0.475 e. The van der Waals surface area contributed by atoms with Gasteiger partial charge in [-0.2, -0.15) is 5.10 Å². The van der Waals surface area contributed by atoms with E-state index in [4.69, 9.17) is 4.74 Å². The SMILES string of the molecule is CCCN(CCC)c1cc(/C=N/Nc2ccc(C)c(C)c2)nc(OCC(C)(C)O)c1. The van der Waals surface area contributed by atoms with E-state index in [2.05, 4.69) is 60.2 Å². The summed E-state index contributed by atoms with van der Waals surface area (Å²) in [5.74, 6) is 0.486. The molecule has 0 bridgehead atoms. The molecule has 0 radical (unpaired) electrons. The van der Waals surface area contributed by atoms with Gasteiger partial charge >= 0.3 is 0 Å². The van der Waals surface area contributed by atoms with E-state index in [1.165, 1.54) is 11.1 Å². The van der Waals surface area contributed by atoms with Crippen LogP contribution in [-0.4, -0.2) is 41.6 Å². The van der Waals surface area contributed by atoms with Gasteiger partial charge in [-0.15, -0.1) is 0 Å². The third-order valence-corrected chi connectivity index (χ3v) is 4.63. The van der Waals surface area contributed by atoms with Crippen molar-refractivity contribution in [3.05, 3.63) is 47.2 Å². The highest BCUT2D eigenvalue weighted by Crippen LogP contribution is 2.22. The first kappa shape index (κ1) is 23.7. The molecule has 0 saturated carbocycles. The maximum absolute atomic E-state index is 10.0. The molecule has 0 aliphatic heterocycles. The molecule has 0 spiro atoms. The zero-order valence-electron chi connectivity index (χ0n) is 19.2. The lowest BCUT2D eigenvalue weighted by Gasteiger charge is -2.25. The summed E-state index contributed by atoms with van der Waals surface area (Å²) in [6.07, 6.45) is 3.81. The van der Waals surface area contributed by atoms with Gasteiger partial charge in [-0.1, -0.05) is 19.9 Å². The topological polar surface area (TPSA) is 70.0 Å². The Kier molecular flexibility index (Phi) is 8.66. The average Bonchev–Trinajstić information content (AvgIpc) is 2.68. The summed E-state index contributed by atoms with van der Waals surface area (Å²) < 4.78 is 5.78. The van der Waals surface area contributed by atoms with E-state index in [9.17, 15) is 5.11 Å². The Morgan fingerprint density at radius 2 is 1.80 bits per heavy atom. The predicted molar refractivity (Wildman–Crippen MR) is 126 cm³/mol. The number of hydrazone groups is 1. The van der Waals surface area contributed by atoms with Gasteiger partial charge in [0.05, 0.1) is 23.2 Å². The molecule has 164 valence electrons. The van der Waals surface area contributed by atoms with Crippen molar-refractivity contribution >= 4 is 17.6 Å². The third kappa shape index (κ3) is 7.67. The Bertz CT molecular complexity index is 838. The Morgan fingerprint density at radius 3 is 2.40 bits per heavy atom. The van der Waals surface area contributed by atoms with Crippen molar-refractivity contribution in [3.8, 4) is 5.88 Å². The number of hydrogen-bond donors (Lipinski definition) is 2. The molecule has 1 aromatic heterocycles. The van der Waals surface area contributed by atoms with Crippen LogP contribution in [0.1, 0.15) is 57.4 Å². The van der Waals surface area contributed by atoms with Crippen molar-refractivity contribution in [1.82, 2.24) is 4.98 Å². The van der Waals surface area contributed by atoms with Crippen molar-refractivity contribution < 1.29 is 9.84 Å². The fraction of sp³-hybridized carbons (Fsp3) is 0.500. The number of aryl methyl sites for hydroxylation is 2. The van der Waals surface area contributed by atoms with Gasteiger partial charge < -0.3 is 14.7 Å². The van der Waals surface area contributed by atoms with Gasteiger partial charge in [0.1, 0.15) is 6.61 Å². The third-order valence-electron chi connectivity index (χ3n) is 4.63. The summed E-state index contributed by atoms with van der Waals surface area (Å²) in [7, 11) is 0. The molecular formula is C24H36N4O2. The molecule has 2 N–H and O–H groups in total.